The second kappa shape index (κ2) is 8.16. The van der Waals surface area contributed by atoms with Crippen LogP contribution in [-0.4, -0.2) is 31.8 Å². The summed E-state index contributed by atoms with van der Waals surface area (Å²) in [5.41, 5.74) is 1.06. The lowest BCUT2D eigenvalue weighted by atomic mass is 9.95. The first-order valence-electron chi connectivity index (χ1n) is 7.35. The standard InChI is InChI=1S/C16H24ClNO2S/c1-19-14-9-4-11(15(17)16(14)20-2)10-18-12-5-7-13(21-3)8-6-12/h4,9,12-13,18H,5-8,10H2,1-3H3. The molecule has 0 aromatic heterocycles. The Balaban J connectivity index is 1.95. The molecule has 3 nitrogen and oxygen atoms in total. The van der Waals surface area contributed by atoms with E-state index < -0.39 is 0 Å². The Hall–Kier alpha value is -0.580. The minimum atomic E-state index is 0.595. The van der Waals surface area contributed by atoms with E-state index >= 15 is 0 Å². The highest BCUT2D eigenvalue weighted by atomic mass is 35.5. The van der Waals surface area contributed by atoms with E-state index in [4.69, 9.17) is 21.1 Å². The van der Waals surface area contributed by atoms with Crippen LogP contribution in [0.25, 0.3) is 0 Å². The van der Waals surface area contributed by atoms with Crippen molar-refractivity contribution in [1.29, 1.82) is 0 Å². The number of benzene rings is 1. The number of hydrogen-bond acceptors (Lipinski definition) is 4. The van der Waals surface area contributed by atoms with E-state index in [1.54, 1.807) is 14.2 Å². The van der Waals surface area contributed by atoms with Crippen molar-refractivity contribution in [3.8, 4) is 11.5 Å². The monoisotopic (exact) mass is 329 g/mol. The normalized spacial score (nSPS) is 22.1. The summed E-state index contributed by atoms with van der Waals surface area (Å²) in [5.74, 6) is 1.29. The van der Waals surface area contributed by atoms with Gasteiger partial charge in [-0.15, -0.1) is 0 Å². The highest BCUT2D eigenvalue weighted by Crippen LogP contribution is 2.37. The van der Waals surface area contributed by atoms with Gasteiger partial charge in [-0.25, -0.2) is 0 Å². The van der Waals surface area contributed by atoms with Gasteiger partial charge in [0.05, 0.1) is 19.2 Å². The van der Waals surface area contributed by atoms with E-state index in [1.807, 2.05) is 23.9 Å². The van der Waals surface area contributed by atoms with Gasteiger partial charge in [-0.2, -0.15) is 11.8 Å². The molecule has 0 saturated heterocycles. The molecule has 0 aliphatic heterocycles. The predicted molar refractivity (Wildman–Crippen MR) is 91.0 cm³/mol. The van der Waals surface area contributed by atoms with Crippen LogP contribution in [0.15, 0.2) is 12.1 Å². The average Bonchev–Trinajstić information content (AvgIpc) is 2.53. The number of rotatable bonds is 6. The molecule has 0 bridgehead atoms. The predicted octanol–water partition coefficient (Wildman–Crippen LogP) is 4.12. The number of ether oxygens (including phenoxy) is 2. The van der Waals surface area contributed by atoms with Gasteiger partial charge in [0.2, 0.25) is 0 Å². The Kier molecular flexibility index (Phi) is 6.52. The smallest absolute Gasteiger partial charge is 0.179 e. The highest BCUT2D eigenvalue weighted by molar-refractivity contribution is 7.99. The van der Waals surface area contributed by atoms with E-state index in [2.05, 4.69) is 11.6 Å². The van der Waals surface area contributed by atoms with Crippen LogP contribution in [0.1, 0.15) is 31.2 Å². The molecule has 2 rings (SSSR count). The van der Waals surface area contributed by atoms with Gasteiger partial charge in [0.1, 0.15) is 0 Å². The SMILES string of the molecule is COc1ccc(CNC2CCC(SC)CC2)c(Cl)c1OC. The highest BCUT2D eigenvalue weighted by Gasteiger charge is 2.20. The van der Waals surface area contributed by atoms with Crippen molar-refractivity contribution in [3.05, 3.63) is 22.7 Å². The van der Waals surface area contributed by atoms with Gasteiger partial charge in [-0.3, -0.25) is 0 Å². The van der Waals surface area contributed by atoms with E-state index in [0.29, 0.717) is 22.6 Å². The molecule has 1 aliphatic carbocycles. The molecule has 1 aliphatic rings. The lowest BCUT2D eigenvalue weighted by Crippen LogP contribution is -2.33. The third-order valence-corrected chi connectivity index (χ3v) is 5.71. The molecule has 0 atom stereocenters. The van der Waals surface area contributed by atoms with Crippen molar-refractivity contribution in [2.75, 3.05) is 20.5 Å². The first-order chi connectivity index (χ1) is 10.2. The summed E-state index contributed by atoms with van der Waals surface area (Å²) < 4.78 is 10.6. The van der Waals surface area contributed by atoms with Crippen LogP contribution >= 0.6 is 23.4 Å². The van der Waals surface area contributed by atoms with Crippen molar-refractivity contribution < 1.29 is 9.47 Å². The molecular formula is C16H24ClNO2S. The summed E-state index contributed by atoms with van der Waals surface area (Å²) in [6, 6.07) is 4.51. The number of thioether (sulfide) groups is 1. The van der Waals surface area contributed by atoms with Gasteiger partial charge < -0.3 is 14.8 Å². The van der Waals surface area contributed by atoms with Crippen LogP contribution in [0.3, 0.4) is 0 Å². The fourth-order valence-corrected chi connectivity index (χ4v) is 3.87. The zero-order valence-electron chi connectivity index (χ0n) is 12.9. The fourth-order valence-electron chi connectivity index (χ4n) is 2.82. The summed E-state index contributed by atoms with van der Waals surface area (Å²) in [6.07, 6.45) is 7.31. The van der Waals surface area contributed by atoms with Crippen molar-refractivity contribution in [3.63, 3.8) is 0 Å². The van der Waals surface area contributed by atoms with Crippen molar-refractivity contribution in [1.82, 2.24) is 5.32 Å². The number of hydrogen-bond donors (Lipinski definition) is 1. The van der Waals surface area contributed by atoms with Gasteiger partial charge in [0.25, 0.3) is 0 Å². The van der Waals surface area contributed by atoms with Crippen molar-refractivity contribution in [2.45, 2.75) is 43.5 Å². The molecule has 0 heterocycles. The van der Waals surface area contributed by atoms with Crippen LogP contribution in [0.4, 0.5) is 0 Å². The average molecular weight is 330 g/mol. The molecule has 118 valence electrons. The molecule has 0 amide bonds. The summed E-state index contributed by atoms with van der Waals surface area (Å²) in [4.78, 5) is 0. The maximum absolute atomic E-state index is 6.41. The minimum Gasteiger partial charge on any atom is -0.493 e. The van der Waals surface area contributed by atoms with E-state index in [0.717, 1.165) is 17.4 Å². The van der Waals surface area contributed by atoms with E-state index in [1.165, 1.54) is 25.7 Å². The Labute approximate surface area is 136 Å². The lowest BCUT2D eigenvalue weighted by Gasteiger charge is -2.28. The molecule has 1 aromatic carbocycles. The number of nitrogens with one attached hydrogen (secondary N) is 1. The third kappa shape index (κ3) is 4.21. The van der Waals surface area contributed by atoms with Crippen LogP contribution in [0, 0.1) is 0 Å². The number of halogens is 1. The second-order valence-electron chi connectivity index (χ2n) is 5.36. The molecule has 1 aromatic rings. The molecule has 21 heavy (non-hydrogen) atoms. The fraction of sp³-hybridized carbons (Fsp3) is 0.625. The van der Waals surface area contributed by atoms with Crippen LogP contribution in [0.5, 0.6) is 11.5 Å². The minimum absolute atomic E-state index is 0.595. The molecular weight excluding hydrogens is 306 g/mol. The number of methoxy groups -OCH3 is 2. The zero-order valence-corrected chi connectivity index (χ0v) is 14.5. The molecule has 0 spiro atoms. The van der Waals surface area contributed by atoms with Gasteiger partial charge in [-0.05, 0) is 43.6 Å². The van der Waals surface area contributed by atoms with Crippen molar-refractivity contribution >= 4 is 23.4 Å². The molecule has 0 radical (unpaired) electrons. The largest absolute Gasteiger partial charge is 0.493 e. The Morgan fingerprint density at radius 3 is 2.48 bits per heavy atom. The first-order valence-corrected chi connectivity index (χ1v) is 9.01. The van der Waals surface area contributed by atoms with Gasteiger partial charge >= 0.3 is 0 Å². The summed E-state index contributed by atoms with van der Waals surface area (Å²) in [6.45, 7) is 0.772. The Morgan fingerprint density at radius 2 is 1.90 bits per heavy atom. The van der Waals surface area contributed by atoms with Crippen molar-refractivity contribution in [2.24, 2.45) is 0 Å². The topological polar surface area (TPSA) is 30.5 Å². The Morgan fingerprint density at radius 1 is 1.19 bits per heavy atom. The van der Waals surface area contributed by atoms with E-state index in [-0.39, 0.29) is 0 Å². The zero-order chi connectivity index (χ0) is 15.2. The first kappa shape index (κ1) is 16.8. The quantitative estimate of drug-likeness (QED) is 0.850. The summed E-state index contributed by atoms with van der Waals surface area (Å²) in [5, 5.41) is 5.10. The maximum atomic E-state index is 6.41. The van der Waals surface area contributed by atoms with Gasteiger partial charge in [-0.1, -0.05) is 17.7 Å². The molecule has 5 heteroatoms. The van der Waals surface area contributed by atoms with E-state index in [9.17, 15) is 0 Å². The molecule has 1 fully saturated rings. The van der Waals surface area contributed by atoms with Crippen LogP contribution in [-0.2, 0) is 6.54 Å². The third-order valence-electron chi connectivity index (χ3n) is 4.15. The van der Waals surface area contributed by atoms with Gasteiger partial charge in [0.15, 0.2) is 11.5 Å². The van der Waals surface area contributed by atoms with Gasteiger partial charge in [0, 0.05) is 17.8 Å². The van der Waals surface area contributed by atoms with Crippen LogP contribution in [0.2, 0.25) is 5.02 Å². The molecule has 1 saturated carbocycles. The van der Waals surface area contributed by atoms with Crippen LogP contribution < -0.4 is 14.8 Å². The maximum Gasteiger partial charge on any atom is 0.179 e. The summed E-state index contributed by atoms with van der Waals surface area (Å²) >= 11 is 8.40. The lowest BCUT2D eigenvalue weighted by molar-refractivity contribution is 0.353. The molecule has 1 N–H and O–H groups in total. The molecule has 0 unspecified atom stereocenters. The Bertz CT molecular complexity index is 462. The second-order valence-corrected chi connectivity index (χ2v) is 6.88. The summed E-state index contributed by atoms with van der Waals surface area (Å²) in [7, 11) is 3.24.